The second-order valence-corrected chi connectivity index (χ2v) is 16.3. The summed E-state index contributed by atoms with van der Waals surface area (Å²) in [6.45, 7) is 23.7. The van der Waals surface area contributed by atoms with E-state index in [2.05, 4.69) is 9.78 Å². The Morgan fingerprint density at radius 1 is 0.458 bits per heavy atom. The monoisotopic (exact) mass is 670 g/mol. The van der Waals surface area contributed by atoms with Crippen molar-refractivity contribution in [1.82, 2.24) is 0 Å². The van der Waals surface area contributed by atoms with E-state index in [-0.39, 0.29) is 72.1 Å². The first kappa shape index (κ1) is 40.1. The maximum absolute atomic E-state index is 12.3. The highest BCUT2D eigenvalue weighted by molar-refractivity contribution is 5.79. The molecule has 0 amide bonds. The van der Waals surface area contributed by atoms with Gasteiger partial charge in [-0.25, -0.2) is 19.4 Å². The maximum Gasteiger partial charge on any atom is 0.356 e. The molecule has 0 fully saturated rings. The zero-order chi connectivity index (χ0) is 36.8. The highest BCUT2D eigenvalue weighted by atomic mass is 17.2. The number of hydrogen-bond acceptors (Lipinski definition) is 10. The minimum Gasteiger partial charge on any atom is -0.507 e. The summed E-state index contributed by atoms with van der Waals surface area (Å²) < 4.78 is 10.7. The molecule has 0 aliphatic heterocycles. The fourth-order valence-electron chi connectivity index (χ4n) is 4.90. The molecule has 0 aliphatic rings. The quantitative estimate of drug-likeness (QED) is 0.147. The fourth-order valence-corrected chi connectivity index (χ4v) is 4.90. The van der Waals surface area contributed by atoms with Gasteiger partial charge in [-0.15, -0.1) is 0 Å². The van der Waals surface area contributed by atoms with Crippen molar-refractivity contribution in [1.29, 1.82) is 0 Å². The fraction of sp³-hybridized carbons (Fsp3) is 0.579. The van der Waals surface area contributed by atoms with Crippen LogP contribution in [0, 0.1) is 0 Å². The number of aromatic hydroxyl groups is 2. The lowest BCUT2D eigenvalue weighted by atomic mass is 9.78. The summed E-state index contributed by atoms with van der Waals surface area (Å²) in [6, 6.07) is 7.22. The summed E-state index contributed by atoms with van der Waals surface area (Å²) >= 11 is 0. The lowest BCUT2D eigenvalue weighted by Gasteiger charge is -2.28. The van der Waals surface area contributed by atoms with E-state index in [0.717, 1.165) is 22.3 Å². The Morgan fingerprint density at radius 2 is 0.688 bits per heavy atom. The molecule has 2 rings (SSSR count). The summed E-state index contributed by atoms with van der Waals surface area (Å²) in [5, 5.41) is 21.7. The Balaban J connectivity index is 1.82. The molecule has 10 nitrogen and oxygen atoms in total. The van der Waals surface area contributed by atoms with Crippen molar-refractivity contribution in [3.63, 3.8) is 0 Å². The summed E-state index contributed by atoms with van der Waals surface area (Å²) in [5.41, 5.74) is 3.00. The van der Waals surface area contributed by atoms with Gasteiger partial charge in [-0.05, 0) is 79.3 Å². The molecular formula is C38H54O10. The summed E-state index contributed by atoms with van der Waals surface area (Å²) in [4.78, 5) is 57.8. The largest absolute Gasteiger partial charge is 0.507 e. The summed E-state index contributed by atoms with van der Waals surface area (Å²) in [6.07, 6.45) is -1.37. The number of ether oxygens (including phenoxy) is 2. The van der Waals surface area contributed by atoms with Crippen molar-refractivity contribution >= 4 is 23.9 Å². The number of carbonyl (C=O) groups is 4. The highest BCUT2D eigenvalue weighted by Gasteiger charge is 2.28. The minimum absolute atomic E-state index is 0.0480. The molecule has 0 aliphatic carbocycles. The molecule has 0 aromatic heterocycles. The molecular weight excluding hydrogens is 616 g/mol. The van der Waals surface area contributed by atoms with Crippen LogP contribution in [-0.4, -0.2) is 34.1 Å². The van der Waals surface area contributed by atoms with Gasteiger partial charge >= 0.3 is 23.9 Å². The van der Waals surface area contributed by atoms with Gasteiger partial charge in [0.15, 0.2) is 0 Å². The van der Waals surface area contributed by atoms with Crippen molar-refractivity contribution in [2.45, 2.75) is 144 Å². The van der Waals surface area contributed by atoms with Crippen LogP contribution in [0.3, 0.4) is 0 Å². The number of benzene rings is 2. The number of rotatable bonds is 10. The van der Waals surface area contributed by atoms with Gasteiger partial charge in [0.2, 0.25) is 0 Å². The Labute approximate surface area is 285 Å². The third-order valence-corrected chi connectivity index (χ3v) is 7.67. The third-order valence-electron chi connectivity index (χ3n) is 7.67. The van der Waals surface area contributed by atoms with Crippen molar-refractivity contribution in [3.8, 4) is 11.5 Å². The molecule has 0 spiro atoms. The maximum atomic E-state index is 12.3. The van der Waals surface area contributed by atoms with Gasteiger partial charge in [-0.1, -0.05) is 83.1 Å². The van der Waals surface area contributed by atoms with Gasteiger partial charge < -0.3 is 19.7 Å². The molecule has 0 saturated carbocycles. The summed E-state index contributed by atoms with van der Waals surface area (Å²) in [7, 11) is 0. The van der Waals surface area contributed by atoms with Crippen LogP contribution in [-0.2, 0) is 73.3 Å². The molecule has 0 heterocycles. The average Bonchev–Trinajstić information content (AvgIpc) is 2.94. The minimum atomic E-state index is -0.950. The Bertz CT molecular complexity index is 1310. The summed E-state index contributed by atoms with van der Waals surface area (Å²) in [5.74, 6) is -2.76. The van der Waals surface area contributed by atoms with Crippen LogP contribution < -0.4 is 0 Å². The first-order chi connectivity index (χ1) is 21.8. The van der Waals surface area contributed by atoms with Crippen molar-refractivity contribution in [3.05, 3.63) is 57.6 Å². The van der Waals surface area contributed by atoms with Crippen LogP contribution in [0.4, 0.5) is 0 Å². The van der Waals surface area contributed by atoms with Crippen molar-refractivity contribution < 1.29 is 48.6 Å². The lowest BCUT2D eigenvalue weighted by molar-refractivity contribution is -0.259. The molecule has 48 heavy (non-hydrogen) atoms. The molecule has 2 N–H and O–H groups in total. The predicted octanol–water partition coefficient (Wildman–Crippen LogP) is 7.64. The number of carbonyl (C=O) groups excluding carboxylic acids is 4. The number of phenolic OH excluding ortho intramolecular Hbond substituents is 2. The molecule has 0 atom stereocenters. The van der Waals surface area contributed by atoms with Crippen LogP contribution in [0.2, 0.25) is 0 Å². The molecule has 10 heteroatoms. The van der Waals surface area contributed by atoms with E-state index in [4.69, 9.17) is 9.47 Å². The smallest absolute Gasteiger partial charge is 0.356 e. The molecule has 0 radical (unpaired) electrons. The Morgan fingerprint density at radius 3 is 0.917 bits per heavy atom. The van der Waals surface area contributed by atoms with E-state index >= 15 is 0 Å². The van der Waals surface area contributed by atoms with Crippen LogP contribution in [0.1, 0.15) is 142 Å². The van der Waals surface area contributed by atoms with Crippen LogP contribution in [0.5, 0.6) is 11.5 Å². The number of esters is 2. The number of phenols is 2. The van der Waals surface area contributed by atoms with Gasteiger partial charge in [0, 0.05) is 0 Å². The topological polar surface area (TPSA) is 146 Å². The highest BCUT2D eigenvalue weighted by Crippen LogP contribution is 2.41. The molecule has 0 bridgehead atoms. The van der Waals surface area contributed by atoms with E-state index in [1.165, 1.54) is 0 Å². The predicted molar refractivity (Wildman–Crippen MR) is 181 cm³/mol. The third kappa shape index (κ3) is 11.9. The van der Waals surface area contributed by atoms with Crippen molar-refractivity contribution in [2.75, 3.05) is 0 Å². The zero-order valence-electron chi connectivity index (χ0n) is 30.7. The zero-order valence-corrected chi connectivity index (χ0v) is 30.7. The van der Waals surface area contributed by atoms with Gasteiger partial charge in [0.25, 0.3) is 0 Å². The SMILES string of the molecule is CC(C)(C)c1cc(COC(=O)CCC(=O)OOC(=O)CCC(=O)OCc2cc(C(C)(C)C)c(O)c(C(C)(C)C)c2)cc(C(C)(C)C)c1O. The van der Waals surface area contributed by atoms with Crippen LogP contribution in [0.25, 0.3) is 0 Å². The Kier molecular flexibility index (Phi) is 12.9. The normalized spacial score (nSPS) is 12.3. The van der Waals surface area contributed by atoms with Crippen LogP contribution in [0.15, 0.2) is 24.3 Å². The van der Waals surface area contributed by atoms with E-state index in [1.807, 2.05) is 83.1 Å². The average molecular weight is 671 g/mol. The molecule has 2 aromatic rings. The van der Waals surface area contributed by atoms with E-state index in [1.54, 1.807) is 24.3 Å². The van der Waals surface area contributed by atoms with Gasteiger partial charge in [0.1, 0.15) is 24.7 Å². The first-order valence-electron chi connectivity index (χ1n) is 16.3. The van der Waals surface area contributed by atoms with E-state index in [0.29, 0.717) is 11.1 Å². The van der Waals surface area contributed by atoms with E-state index in [9.17, 15) is 29.4 Å². The Hall–Kier alpha value is -4.08. The first-order valence-corrected chi connectivity index (χ1v) is 16.3. The standard InChI is InChI=1S/C38H54O10/c1-35(2,3)25-17-23(18-26(33(25)43)36(4,5)6)21-45-29(39)13-15-31(41)47-48-32(42)16-14-30(40)46-22-24-19-27(37(7,8)9)34(44)28(20-24)38(10,11)12/h17-20,43-44H,13-16,21-22H2,1-12H3. The second kappa shape index (κ2) is 15.4. The van der Waals surface area contributed by atoms with Gasteiger partial charge in [0.05, 0.1) is 25.7 Å². The number of hydrogen-bond donors (Lipinski definition) is 2. The molecule has 266 valence electrons. The van der Waals surface area contributed by atoms with Gasteiger partial charge in [-0.3, -0.25) is 9.59 Å². The van der Waals surface area contributed by atoms with Crippen molar-refractivity contribution in [2.24, 2.45) is 0 Å². The van der Waals surface area contributed by atoms with E-state index < -0.39 is 23.9 Å². The second-order valence-electron chi connectivity index (χ2n) is 16.3. The van der Waals surface area contributed by atoms with Crippen LogP contribution >= 0.6 is 0 Å². The lowest BCUT2D eigenvalue weighted by Crippen LogP contribution is -2.18. The molecule has 2 aromatic carbocycles. The molecule has 0 saturated heterocycles. The van der Waals surface area contributed by atoms with Gasteiger partial charge in [-0.2, -0.15) is 0 Å². The molecule has 0 unspecified atom stereocenters.